The lowest BCUT2D eigenvalue weighted by atomic mass is 10.0. The van der Waals surface area contributed by atoms with Crippen molar-refractivity contribution in [3.8, 4) is 0 Å². The van der Waals surface area contributed by atoms with Crippen LogP contribution in [0.15, 0.2) is 76.4 Å². The number of carbonyl (C=O) groups is 1. The van der Waals surface area contributed by atoms with Gasteiger partial charge in [-0.2, -0.15) is 0 Å². The summed E-state index contributed by atoms with van der Waals surface area (Å²) in [6.07, 6.45) is 7.07. The van der Waals surface area contributed by atoms with Crippen molar-refractivity contribution >= 4 is 5.91 Å². The van der Waals surface area contributed by atoms with Crippen molar-refractivity contribution < 1.29 is 9.90 Å². The summed E-state index contributed by atoms with van der Waals surface area (Å²) < 4.78 is 0. The molecule has 3 heteroatoms. The highest BCUT2D eigenvalue weighted by molar-refractivity contribution is 6.02. The van der Waals surface area contributed by atoms with Crippen LogP contribution in [-0.4, -0.2) is 17.6 Å². The standard InChI is InChI=1S/C18H15NO2/c20-10-17(11-4-2-1-3-5-11)19-18(21)14-7-6-13-15-8-12(15)9-16(13)14/h1-7,9,17,20H,8,10H2,(H,19,21)/t17-/m1/s1. The average molecular weight is 277 g/mol. The van der Waals surface area contributed by atoms with Crippen molar-refractivity contribution in [2.24, 2.45) is 0 Å². The molecule has 1 aromatic carbocycles. The summed E-state index contributed by atoms with van der Waals surface area (Å²) >= 11 is 0. The predicted octanol–water partition coefficient (Wildman–Crippen LogP) is 2.34. The Hall–Kier alpha value is -2.39. The summed E-state index contributed by atoms with van der Waals surface area (Å²) in [5.41, 5.74) is 6.59. The van der Waals surface area contributed by atoms with E-state index in [1.165, 1.54) is 16.7 Å². The molecule has 0 radical (unpaired) electrons. The monoisotopic (exact) mass is 277 g/mol. The van der Waals surface area contributed by atoms with Gasteiger partial charge in [0, 0.05) is 5.57 Å². The largest absolute Gasteiger partial charge is 0.394 e. The molecule has 3 nitrogen and oxygen atoms in total. The van der Waals surface area contributed by atoms with Crippen molar-refractivity contribution in [1.82, 2.24) is 5.32 Å². The summed E-state index contributed by atoms with van der Waals surface area (Å²) in [4.78, 5) is 12.5. The number of nitrogens with one attached hydrogen (secondary N) is 1. The fourth-order valence-electron chi connectivity index (χ4n) is 2.99. The first-order valence-electron chi connectivity index (χ1n) is 7.11. The van der Waals surface area contributed by atoms with Crippen LogP contribution in [0.25, 0.3) is 0 Å². The van der Waals surface area contributed by atoms with Crippen molar-refractivity contribution in [3.05, 3.63) is 82.0 Å². The smallest absolute Gasteiger partial charge is 0.252 e. The molecule has 3 aliphatic carbocycles. The normalized spacial score (nSPS) is 19.4. The molecule has 4 rings (SSSR count). The topological polar surface area (TPSA) is 49.3 Å². The molecule has 0 bridgehead atoms. The Labute approximate surface area is 123 Å². The van der Waals surface area contributed by atoms with E-state index in [4.69, 9.17) is 0 Å². The van der Waals surface area contributed by atoms with E-state index in [-0.39, 0.29) is 18.6 Å². The van der Waals surface area contributed by atoms with Gasteiger partial charge in [-0.15, -0.1) is 0 Å². The Morgan fingerprint density at radius 3 is 2.76 bits per heavy atom. The van der Waals surface area contributed by atoms with Gasteiger partial charge in [-0.25, -0.2) is 0 Å². The van der Waals surface area contributed by atoms with E-state index >= 15 is 0 Å². The molecule has 1 saturated carbocycles. The number of amides is 1. The zero-order chi connectivity index (χ0) is 14.4. The van der Waals surface area contributed by atoms with Crippen molar-refractivity contribution in [2.45, 2.75) is 12.5 Å². The van der Waals surface area contributed by atoms with E-state index in [1.807, 2.05) is 42.5 Å². The van der Waals surface area contributed by atoms with Crippen LogP contribution in [0.1, 0.15) is 18.0 Å². The molecule has 1 amide bonds. The zero-order valence-corrected chi connectivity index (χ0v) is 11.5. The number of rotatable bonds is 4. The molecule has 1 aromatic rings. The van der Waals surface area contributed by atoms with Gasteiger partial charge in [0.05, 0.1) is 12.6 Å². The molecule has 1 fully saturated rings. The van der Waals surface area contributed by atoms with Gasteiger partial charge >= 0.3 is 0 Å². The first-order chi connectivity index (χ1) is 10.3. The summed E-state index contributed by atoms with van der Waals surface area (Å²) in [6, 6.07) is 9.16. The van der Waals surface area contributed by atoms with Gasteiger partial charge in [0.25, 0.3) is 5.91 Å². The van der Waals surface area contributed by atoms with Gasteiger partial charge in [0.2, 0.25) is 0 Å². The minimum Gasteiger partial charge on any atom is -0.394 e. The van der Waals surface area contributed by atoms with Crippen molar-refractivity contribution in [3.63, 3.8) is 0 Å². The number of hydrogen-bond acceptors (Lipinski definition) is 2. The van der Waals surface area contributed by atoms with E-state index in [1.54, 1.807) is 0 Å². The van der Waals surface area contributed by atoms with Crippen molar-refractivity contribution in [1.29, 1.82) is 0 Å². The minimum atomic E-state index is -0.375. The van der Waals surface area contributed by atoms with Gasteiger partial charge in [-0.05, 0) is 46.4 Å². The lowest BCUT2D eigenvalue weighted by Crippen LogP contribution is -2.31. The van der Waals surface area contributed by atoms with Crippen LogP contribution < -0.4 is 5.32 Å². The number of aliphatic hydroxyl groups excluding tert-OH is 1. The number of carbonyl (C=O) groups excluding carboxylic acids is 1. The van der Waals surface area contributed by atoms with Crippen LogP contribution >= 0.6 is 0 Å². The third kappa shape index (κ3) is 1.98. The summed E-state index contributed by atoms with van der Waals surface area (Å²) in [5, 5.41) is 12.5. The van der Waals surface area contributed by atoms with Crippen LogP contribution in [0, 0.1) is 0 Å². The third-order valence-corrected chi connectivity index (χ3v) is 4.21. The number of fused-ring (bicyclic) bond motifs is 2. The molecule has 21 heavy (non-hydrogen) atoms. The fraction of sp³-hybridized carbons (Fsp3) is 0.167. The lowest BCUT2D eigenvalue weighted by Gasteiger charge is -2.17. The molecule has 0 saturated heterocycles. The highest BCUT2D eigenvalue weighted by Crippen LogP contribution is 2.51. The van der Waals surface area contributed by atoms with Gasteiger partial charge in [-0.1, -0.05) is 36.4 Å². The Kier molecular flexibility index (Phi) is 2.69. The highest BCUT2D eigenvalue weighted by Gasteiger charge is 2.35. The molecule has 2 N–H and O–H groups in total. The third-order valence-electron chi connectivity index (χ3n) is 4.21. The zero-order valence-electron chi connectivity index (χ0n) is 11.5. The van der Waals surface area contributed by atoms with Crippen LogP contribution in [-0.2, 0) is 4.79 Å². The minimum absolute atomic E-state index is 0.114. The highest BCUT2D eigenvalue weighted by atomic mass is 16.3. The van der Waals surface area contributed by atoms with Crippen LogP contribution in [0.3, 0.4) is 0 Å². The SMILES string of the molecule is O=C(N[C@H](CO)c1ccccc1)C1=C2C=C3CC3=C2C=C1. The Morgan fingerprint density at radius 1 is 1.19 bits per heavy atom. The molecule has 3 aliphatic rings. The van der Waals surface area contributed by atoms with E-state index in [0.717, 1.165) is 17.6 Å². The number of aliphatic hydroxyl groups is 1. The second kappa shape index (κ2) is 4.57. The number of benzene rings is 1. The fourth-order valence-corrected chi connectivity index (χ4v) is 2.99. The summed E-state index contributed by atoms with van der Waals surface area (Å²) in [7, 11) is 0. The van der Waals surface area contributed by atoms with Gasteiger partial charge in [0.15, 0.2) is 0 Å². The van der Waals surface area contributed by atoms with E-state index in [2.05, 4.69) is 11.4 Å². The van der Waals surface area contributed by atoms with E-state index in [9.17, 15) is 9.90 Å². The van der Waals surface area contributed by atoms with Gasteiger partial charge < -0.3 is 10.4 Å². The maximum atomic E-state index is 12.5. The molecule has 0 heterocycles. The maximum absolute atomic E-state index is 12.5. The molecule has 104 valence electrons. The summed E-state index contributed by atoms with van der Waals surface area (Å²) in [5.74, 6) is -0.127. The average Bonchev–Trinajstić information content (AvgIpc) is 3.00. The molecule has 0 aromatic heterocycles. The molecular formula is C18H15NO2. The first-order valence-corrected chi connectivity index (χ1v) is 7.11. The molecule has 0 unspecified atom stereocenters. The van der Waals surface area contributed by atoms with Gasteiger partial charge in [-0.3, -0.25) is 4.79 Å². The predicted molar refractivity (Wildman–Crippen MR) is 80.3 cm³/mol. The van der Waals surface area contributed by atoms with Gasteiger partial charge in [0.1, 0.15) is 0 Å². The maximum Gasteiger partial charge on any atom is 0.252 e. The van der Waals surface area contributed by atoms with Crippen LogP contribution in [0.4, 0.5) is 0 Å². The van der Waals surface area contributed by atoms with E-state index in [0.29, 0.717) is 5.57 Å². The quantitative estimate of drug-likeness (QED) is 0.887. The molecule has 0 aliphatic heterocycles. The second-order valence-corrected chi connectivity index (χ2v) is 5.52. The van der Waals surface area contributed by atoms with Crippen molar-refractivity contribution in [2.75, 3.05) is 6.61 Å². The Balaban J connectivity index is 1.57. The summed E-state index contributed by atoms with van der Waals surface area (Å²) in [6.45, 7) is -0.114. The Bertz CT molecular complexity index is 751. The molecule has 1 atom stereocenters. The Morgan fingerprint density at radius 2 is 2.00 bits per heavy atom. The van der Waals surface area contributed by atoms with E-state index < -0.39 is 0 Å². The number of allylic oxidation sites excluding steroid dienone is 6. The number of hydrogen-bond donors (Lipinski definition) is 2. The first kappa shape index (κ1) is 12.4. The molecule has 0 spiro atoms. The van der Waals surface area contributed by atoms with Crippen LogP contribution in [0.5, 0.6) is 0 Å². The van der Waals surface area contributed by atoms with Crippen LogP contribution in [0.2, 0.25) is 0 Å². The lowest BCUT2D eigenvalue weighted by molar-refractivity contribution is -0.118. The molecular weight excluding hydrogens is 262 g/mol. The second-order valence-electron chi connectivity index (χ2n) is 5.52.